The lowest BCUT2D eigenvalue weighted by atomic mass is 9.45. The van der Waals surface area contributed by atoms with Gasteiger partial charge in [-0.1, -0.05) is 44.9 Å². The highest BCUT2D eigenvalue weighted by molar-refractivity contribution is 5.55. The maximum absolute atomic E-state index is 13.3. The largest absolute Gasteiger partial charge is 0.388 e. The van der Waals surface area contributed by atoms with Crippen molar-refractivity contribution in [3.05, 3.63) is 41.2 Å². The minimum atomic E-state index is -0.347. The molecule has 0 amide bonds. The summed E-state index contributed by atoms with van der Waals surface area (Å²) in [5, 5.41) is 11.3. The lowest BCUT2D eigenvalue weighted by Gasteiger charge is -2.60. The smallest absolute Gasteiger partial charge is 0.123 e. The third-order valence-electron chi connectivity index (χ3n) is 9.67. The van der Waals surface area contributed by atoms with Crippen LogP contribution in [0.25, 0.3) is 6.08 Å². The van der Waals surface area contributed by atoms with Gasteiger partial charge in [0.1, 0.15) is 5.82 Å². The lowest BCUT2D eigenvalue weighted by Crippen LogP contribution is -2.53. The van der Waals surface area contributed by atoms with Gasteiger partial charge in [0.2, 0.25) is 0 Å². The van der Waals surface area contributed by atoms with E-state index in [1.807, 2.05) is 12.1 Å². The van der Waals surface area contributed by atoms with Gasteiger partial charge in [-0.15, -0.1) is 0 Å². The molecule has 0 aromatic heterocycles. The summed E-state index contributed by atoms with van der Waals surface area (Å²) in [7, 11) is 0. The Morgan fingerprint density at radius 2 is 1.71 bits per heavy atom. The summed E-state index contributed by atoms with van der Waals surface area (Å²) >= 11 is 0. The van der Waals surface area contributed by atoms with E-state index in [1.54, 1.807) is 0 Å². The normalized spacial score (nSPS) is 46.7. The minimum Gasteiger partial charge on any atom is -0.388 e. The van der Waals surface area contributed by atoms with Crippen molar-refractivity contribution in [2.24, 2.45) is 34.5 Å². The second-order valence-corrected chi connectivity index (χ2v) is 10.8. The van der Waals surface area contributed by atoms with Gasteiger partial charge >= 0.3 is 0 Å². The van der Waals surface area contributed by atoms with E-state index in [0.717, 1.165) is 36.2 Å². The molecule has 0 heterocycles. The number of aliphatic hydroxyl groups excluding tert-OH is 1. The molecule has 4 saturated carbocycles. The van der Waals surface area contributed by atoms with Crippen molar-refractivity contribution >= 4 is 6.08 Å². The van der Waals surface area contributed by atoms with Crippen molar-refractivity contribution in [3.63, 3.8) is 0 Å². The molecule has 7 unspecified atom stereocenters. The van der Waals surface area contributed by atoms with Crippen molar-refractivity contribution in [2.75, 3.05) is 0 Å². The number of benzene rings is 1. The summed E-state index contributed by atoms with van der Waals surface area (Å²) in [5.41, 5.74) is 2.75. The molecule has 0 radical (unpaired) electrons. The average molecular weight is 383 g/mol. The Morgan fingerprint density at radius 1 is 0.929 bits per heavy atom. The Kier molecular flexibility index (Phi) is 4.50. The summed E-state index contributed by atoms with van der Waals surface area (Å²) in [6.07, 6.45) is 13.7. The van der Waals surface area contributed by atoms with Crippen LogP contribution in [0, 0.1) is 40.3 Å². The van der Waals surface area contributed by atoms with Crippen LogP contribution in [-0.4, -0.2) is 11.2 Å². The Balaban J connectivity index is 1.45. The molecule has 1 aromatic rings. The van der Waals surface area contributed by atoms with Crippen LogP contribution in [-0.2, 0) is 0 Å². The highest BCUT2D eigenvalue weighted by Crippen LogP contribution is 2.67. The molecule has 7 atom stereocenters. The van der Waals surface area contributed by atoms with Crippen LogP contribution in [0.15, 0.2) is 29.8 Å². The molecule has 2 heteroatoms. The summed E-state index contributed by atoms with van der Waals surface area (Å²) in [4.78, 5) is 0. The van der Waals surface area contributed by atoms with Gasteiger partial charge in [0.25, 0.3) is 0 Å². The van der Waals surface area contributed by atoms with Crippen LogP contribution in [0.2, 0.25) is 0 Å². The minimum absolute atomic E-state index is 0.0187. The first kappa shape index (κ1) is 18.9. The molecule has 1 aromatic carbocycles. The van der Waals surface area contributed by atoms with Crippen LogP contribution < -0.4 is 0 Å². The average Bonchev–Trinajstić information content (AvgIpc) is 2.94. The monoisotopic (exact) mass is 382 g/mol. The van der Waals surface area contributed by atoms with E-state index >= 15 is 0 Å². The zero-order valence-corrected chi connectivity index (χ0v) is 17.5. The molecule has 1 nitrogen and oxygen atoms in total. The SMILES string of the molecule is CC12CCCCC1CCC1C2CCC2(C)C(O)/C(=C\c3ccc(F)cc3)CC12. The molecule has 4 aliphatic carbocycles. The van der Waals surface area contributed by atoms with Crippen LogP contribution in [0.5, 0.6) is 0 Å². The van der Waals surface area contributed by atoms with Gasteiger partial charge in [0.15, 0.2) is 0 Å². The Labute approximate surface area is 169 Å². The van der Waals surface area contributed by atoms with E-state index in [4.69, 9.17) is 0 Å². The maximum atomic E-state index is 13.3. The van der Waals surface area contributed by atoms with E-state index < -0.39 is 0 Å². The van der Waals surface area contributed by atoms with Gasteiger partial charge < -0.3 is 5.11 Å². The topological polar surface area (TPSA) is 20.2 Å². The van der Waals surface area contributed by atoms with Gasteiger partial charge in [-0.05, 0) is 97.3 Å². The van der Waals surface area contributed by atoms with E-state index in [2.05, 4.69) is 19.9 Å². The summed E-state index contributed by atoms with van der Waals surface area (Å²) in [6.45, 7) is 4.95. The van der Waals surface area contributed by atoms with Gasteiger partial charge in [-0.3, -0.25) is 0 Å². The molecular weight excluding hydrogens is 347 g/mol. The quantitative estimate of drug-likeness (QED) is 0.579. The number of rotatable bonds is 1. The molecule has 28 heavy (non-hydrogen) atoms. The zero-order chi connectivity index (χ0) is 19.5. The van der Waals surface area contributed by atoms with Crippen molar-refractivity contribution in [1.82, 2.24) is 0 Å². The van der Waals surface area contributed by atoms with Crippen molar-refractivity contribution < 1.29 is 9.50 Å². The predicted molar refractivity (Wildman–Crippen MR) is 112 cm³/mol. The Morgan fingerprint density at radius 3 is 2.50 bits per heavy atom. The fourth-order valence-corrected chi connectivity index (χ4v) is 8.07. The van der Waals surface area contributed by atoms with Crippen LogP contribution in [0.4, 0.5) is 4.39 Å². The lowest BCUT2D eigenvalue weighted by molar-refractivity contribution is -0.119. The third-order valence-corrected chi connectivity index (χ3v) is 9.67. The molecule has 5 rings (SSSR count). The van der Waals surface area contributed by atoms with E-state index in [-0.39, 0.29) is 17.3 Å². The summed E-state index contributed by atoms with van der Waals surface area (Å²) in [6, 6.07) is 6.69. The molecule has 4 fully saturated rings. The van der Waals surface area contributed by atoms with Crippen LogP contribution in [0.1, 0.15) is 77.2 Å². The first-order valence-corrected chi connectivity index (χ1v) is 11.6. The molecule has 1 N–H and O–H groups in total. The van der Waals surface area contributed by atoms with Crippen molar-refractivity contribution in [1.29, 1.82) is 0 Å². The van der Waals surface area contributed by atoms with Crippen LogP contribution >= 0.6 is 0 Å². The van der Waals surface area contributed by atoms with Gasteiger partial charge in [0, 0.05) is 5.41 Å². The number of halogens is 1. The maximum Gasteiger partial charge on any atom is 0.123 e. The summed E-state index contributed by atoms with van der Waals surface area (Å²) in [5.74, 6) is 2.96. The molecule has 0 bridgehead atoms. The number of fused-ring (bicyclic) bond motifs is 5. The molecule has 0 aliphatic heterocycles. The van der Waals surface area contributed by atoms with Crippen molar-refractivity contribution in [3.8, 4) is 0 Å². The molecule has 0 spiro atoms. The molecule has 4 aliphatic rings. The molecule has 0 saturated heterocycles. The van der Waals surface area contributed by atoms with Crippen molar-refractivity contribution in [2.45, 2.75) is 77.7 Å². The van der Waals surface area contributed by atoms with Gasteiger partial charge in [-0.25, -0.2) is 4.39 Å². The standard InChI is InChI=1S/C26H35FO/c1-25-13-4-3-5-19(25)8-11-21-22(25)12-14-26(2)23(21)16-18(24(26)28)15-17-6-9-20(27)10-7-17/h6-7,9-10,15,19,21-24,28H,3-5,8,11-14,16H2,1-2H3/b18-15-. The Bertz CT molecular complexity index is 767. The fraction of sp³-hybridized carbons (Fsp3) is 0.692. The highest BCUT2D eigenvalue weighted by Gasteiger charge is 2.60. The van der Waals surface area contributed by atoms with E-state index in [9.17, 15) is 9.50 Å². The predicted octanol–water partition coefficient (Wildman–Crippen LogP) is 6.61. The molecular formula is C26H35FO. The number of hydrogen-bond donors (Lipinski definition) is 1. The highest BCUT2D eigenvalue weighted by atomic mass is 19.1. The molecule has 152 valence electrons. The Hall–Kier alpha value is -1.15. The second-order valence-electron chi connectivity index (χ2n) is 10.8. The third kappa shape index (κ3) is 2.74. The first-order chi connectivity index (χ1) is 13.4. The number of aliphatic hydroxyl groups is 1. The van der Waals surface area contributed by atoms with Gasteiger partial charge in [-0.2, -0.15) is 0 Å². The van der Waals surface area contributed by atoms with Crippen LogP contribution in [0.3, 0.4) is 0 Å². The first-order valence-electron chi connectivity index (χ1n) is 11.6. The fourth-order valence-electron chi connectivity index (χ4n) is 8.07. The zero-order valence-electron chi connectivity index (χ0n) is 17.5. The summed E-state index contributed by atoms with van der Waals surface area (Å²) < 4.78 is 13.3. The van der Waals surface area contributed by atoms with Gasteiger partial charge in [0.05, 0.1) is 6.10 Å². The van der Waals surface area contributed by atoms with E-state index in [0.29, 0.717) is 11.3 Å². The van der Waals surface area contributed by atoms with E-state index in [1.165, 1.54) is 62.7 Å². The second kappa shape index (κ2) is 6.69. The number of hydrogen-bond acceptors (Lipinski definition) is 1.